The molecule has 0 aromatic heterocycles. The van der Waals surface area contributed by atoms with E-state index < -0.39 is 5.92 Å². The van der Waals surface area contributed by atoms with E-state index in [-0.39, 0.29) is 5.82 Å². The fourth-order valence-electron chi connectivity index (χ4n) is 2.07. The summed E-state index contributed by atoms with van der Waals surface area (Å²) in [4.78, 5) is 0. The van der Waals surface area contributed by atoms with Crippen LogP contribution in [-0.2, 0) is 6.42 Å². The highest BCUT2D eigenvalue weighted by Crippen LogP contribution is 2.27. The van der Waals surface area contributed by atoms with Crippen LogP contribution in [0.3, 0.4) is 0 Å². The number of nitrogens with zero attached hydrogens (tertiary/aromatic N) is 1. The molecule has 0 heterocycles. The van der Waals surface area contributed by atoms with Crippen LogP contribution in [0.1, 0.15) is 17.0 Å². The summed E-state index contributed by atoms with van der Waals surface area (Å²) < 4.78 is 19.0. The van der Waals surface area contributed by atoms with E-state index in [1.807, 2.05) is 24.3 Å². The van der Waals surface area contributed by atoms with Crippen LogP contribution < -0.4 is 4.74 Å². The zero-order valence-corrected chi connectivity index (χ0v) is 10.6. The van der Waals surface area contributed by atoms with Crippen LogP contribution in [0.4, 0.5) is 4.39 Å². The molecular formula is C16H14FNO. The number of nitriles is 1. The van der Waals surface area contributed by atoms with Crippen LogP contribution in [-0.4, -0.2) is 7.11 Å². The van der Waals surface area contributed by atoms with Crippen LogP contribution in [0, 0.1) is 17.1 Å². The minimum atomic E-state index is -0.516. The first-order valence-electron chi connectivity index (χ1n) is 6.02. The Bertz CT molecular complexity index is 604. The molecule has 2 rings (SSSR count). The van der Waals surface area contributed by atoms with Crippen LogP contribution >= 0.6 is 0 Å². The van der Waals surface area contributed by atoms with Gasteiger partial charge < -0.3 is 4.74 Å². The maximum absolute atomic E-state index is 13.7. The van der Waals surface area contributed by atoms with E-state index in [1.165, 1.54) is 6.07 Å². The molecule has 0 fully saturated rings. The molecule has 1 unspecified atom stereocenters. The van der Waals surface area contributed by atoms with Crippen molar-refractivity contribution < 1.29 is 9.13 Å². The molecule has 0 saturated carbocycles. The number of hydrogen-bond acceptors (Lipinski definition) is 2. The Hall–Kier alpha value is -2.34. The summed E-state index contributed by atoms with van der Waals surface area (Å²) in [6, 6.07) is 16.0. The number of halogens is 1. The summed E-state index contributed by atoms with van der Waals surface area (Å²) in [5, 5.41) is 9.27. The third-order valence-electron chi connectivity index (χ3n) is 3.05. The lowest BCUT2D eigenvalue weighted by molar-refractivity contribution is 0.409. The highest BCUT2D eigenvalue weighted by molar-refractivity contribution is 5.37. The number of hydrogen-bond donors (Lipinski definition) is 0. The van der Waals surface area contributed by atoms with Gasteiger partial charge in [0.25, 0.3) is 0 Å². The minimum absolute atomic E-state index is 0.344. The Balaban J connectivity index is 2.30. The summed E-state index contributed by atoms with van der Waals surface area (Å²) in [6.45, 7) is 0. The van der Waals surface area contributed by atoms with E-state index in [0.717, 1.165) is 11.3 Å². The number of para-hydroxylation sites is 1. The molecule has 0 spiro atoms. The molecule has 0 aliphatic carbocycles. The van der Waals surface area contributed by atoms with Gasteiger partial charge in [0, 0.05) is 5.56 Å². The highest BCUT2D eigenvalue weighted by atomic mass is 19.1. The van der Waals surface area contributed by atoms with Crippen LogP contribution in [0.2, 0.25) is 0 Å². The van der Waals surface area contributed by atoms with Crippen molar-refractivity contribution >= 4 is 0 Å². The van der Waals surface area contributed by atoms with Gasteiger partial charge in [-0.2, -0.15) is 5.26 Å². The van der Waals surface area contributed by atoms with Crippen molar-refractivity contribution in [2.24, 2.45) is 0 Å². The smallest absolute Gasteiger partial charge is 0.127 e. The molecule has 0 aliphatic heterocycles. The third-order valence-corrected chi connectivity index (χ3v) is 3.05. The van der Waals surface area contributed by atoms with Crippen LogP contribution in [0.15, 0.2) is 48.5 Å². The van der Waals surface area contributed by atoms with Crippen molar-refractivity contribution in [3.8, 4) is 11.8 Å². The molecule has 2 aromatic rings. The van der Waals surface area contributed by atoms with E-state index >= 15 is 0 Å². The van der Waals surface area contributed by atoms with Gasteiger partial charge in [0.05, 0.1) is 19.1 Å². The quantitative estimate of drug-likeness (QED) is 0.834. The molecule has 19 heavy (non-hydrogen) atoms. The minimum Gasteiger partial charge on any atom is -0.496 e. The molecule has 0 bridgehead atoms. The molecule has 0 amide bonds. The van der Waals surface area contributed by atoms with Crippen molar-refractivity contribution in [2.45, 2.75) is 12.3 Å². The molecular weight excluding hydrogens is 241 g/mol. The number of benzene rings is 2. The second kappa shape index (κ2) is 6.01. The fraction of sp³-hybridized carbons (Fsp3) is 0.188. The number of ether oxygens (including phenoxy) is 1. The Kier molecular flexibility index (Phi) is 4.15. The molecule has 2 aromatic carbocycles. The van der Waals surface area contributed by atoms with Crippen molar-refractivity contribution in [3.63, 3.8) is 0 Å². The van der Waals surface area contributed by atoms with Gasteiger partial charge in [-0.15, -0.1) is 0 Å². The second-order valence-electron chi connectivity index (χ2n) is 4.22. The number of methoxy groups -OCH3 is 1. The van der Waals surface area contributed by atoms with Gasteiger partial charge in [-0.1, -0.05) is 36.4 Å². The van der Waals surface area contributed by atoms with Gasteiger partial charge in [0.15, 0.2) is 0 Å². The zero-order chi connectivity index (χ0) is 13.7. The van der Waals surface area contributed by atoms with Crippen molar-refractivity contribution in [1.82, 2.24) is 0 Å². The zero-order valence-electron chi connectivity index (χ0n) is 10.6. The van der Waals surface area contributed by atoms with E-state index in [0.29, 0.717) is 12.0 Å². The largest absolute Gasteiger partial charge is 0.496 e. The Morgan fingerprint density at radius 1 is 1.16 bits per heavy atom. The van der Waals surface area contributed by atoms with E-state index in [1.54, 1.807) is 25.3 Å². The van der Waals surface area contributed by atoms with Gasteiger partial charge in [-0.25, -0.2) is 4.39 Å². The maximum atomic E-state index is 13.7. The SMILES string of the molecule is COc1ccccc1CC(C#N)c1ccccc1F. The molecule has 0 radical (unpaired) electrons. The average Bonchev–Trinajstić information content (AvgIpc) is 2.46. The molecule has 3 heteroatoms. The predicted octanol–water partition coefficient (Wildman–Crippen LogP) is 3.68. The van der Waals surface area contributed by atoms with E-state index in [4.69, 9.17) is 4.74 Å². The Morgan fingerprint density at radius 3 is 2.53 bits per heavy atom. The van der Waals surface area contributed by atoms with Gasteiger partial charge in [0.1, 0.15) is 11.6 Å². The van der Waals surface area contributed by atoms with Crippen LogP contribution in [0.25, 0.3) is 0 Å². The monoisotopic (exact) mass is 255 g/mol. The summed E-state index contributed by atoms with van der Waals surface area (Å²) in [5.41, 5.74) is 1.33. The summed E-state index contributed by atoms with van der Waals surface area (Å²) in [5.74, 6) is -0.138. The highest BCUT2D eigenvalue weighted by Gasteiger charge is 2.17. The molecule has 96 valence electrons. The molecule has 0 aliphatic rings. The van der Waals surface area contributed by atoms with Crippen molar-refractivity contribution in [3.05, 3.63) is 65.5 Å². The summed E-state index contributed by atoms with van der Waals surface area (Å²) in [6.07, 6.45) is 0.432. The van der Waals surface area contributed by atoms with Gasteiger partial charge in [0.2, 0.25) is 0 Å². The standard InChI is InChI=1S/C16H14FNO/c1-19-16-9-5-2-6-12(16)10-13(11-18)14-7-3-4-8-15(14)17/h2-9,13H,10H2,1H3. The Labute approximate surface area is 112 Å². The average molecular weight is 255 g/mol. The molecule has 1 atom stereocenters. The summed E-state index contributed by atoms with van der Waals surface area (Å²) >= 11 is 0. The molecule has 0 saturated heterocycles. The van der Waals surface area contributed by atoms with E-state index in [2.05, 4.69) is 6.07 Å². The first-order chi connectivity index (χ1) is 9.26. The number of rotatable bonds is 4. The first-order valence-corrected chi connectivity index (χ1v) is 6.02. The Morgan fingerprint density at radius 2 is 1.84 bits per heavy atom. The lowest BCUT2D eigenvalue weighted by atomic mass is 9.92. The molecule has 0 N–H and O–H groups in total. The molecule has 2 nitrogen and oxygen atoms in total. The normalized spacial score (nSPS) is 11.6. The summed E-state index contributed by atoms with van der Waals surface area (Å²) in [7, 11) is 1.59. The van der Waals surface area contributed by atoms with Gasteiger partial charge in [-0.3, -0.25) is 0 Å². The van der Waals surface area contributed by atoms with Gasteiger partial charge >= 0.3 is 0 Å². The fourth-order valence-corrected chi connectivity index (χ4v) is 2.07. The maximum Gasteiger partial charge on any atom is 0.127 e. The first kappa shape index (κ1) is 13.1. The van der Waals surface area contributed by atoms with Crippen molar-refractivity contribution in [1.29, 1.82) is 5.26 Å². The lowest BCUT2D eigenvalue weighted by Crippen LogP contribution is -2.04. The predicted molar refractivity (Wildman–Crippen MR) is 71.5 cm³/mol. The van der Waals surface area contributed by atoms with E-state index in [9.17, 15) is 9.65 Å². The van der Waals surface area contributed by atoms with Gasteiger partial charge in [-0.05, 0) is 24.1 Å². The third kappa shape index (κ3) is 2.92. The second-order valence-corrected chi connectivity index (χ2v) is 4.22. The lowest BCUT2D eigenvalue weighted by Gasteiger charge is -2.13. The van der Waals surface area contributed by atoms with Crippen molar-refractivity contribution in [2.75, 3.05) is 7.11 Å². The topological polar surface area (TPSA) is 33.0 Å². The van der Waals surface area contributed by atoms with Crippen LogP contribution in [0.5, 0.6) is 5.75 Å².